The zero-order valence-electron chi connectivity index (χ0n) is 9.35. The molecule has 0 aliphatic carbocycles. The summed E-state index contributed by atoms with van der Waals surface area (Å²) in [5.74, 6) is 0. The summed E-state index contributed by atoms with van der Waals surface area (Å²) in [4.78, 5) is 4.35. The zero-order valence-corrected chi connectivity index (χ0v) is 9.35. The average Bonchev–Trinajstić information content (AvgIpc) is 2.29. The second kappa shape index (κ2) is 4.73. The number of quaternary nitrogens is 1. The molecule has 0 bridgehead atoms. The Morgan fingerprint density at radius 1 is 1.33 bits per heavy atom. The Labute approximate surface area is 91.3 Å². The standard InChI is InChI=1S/C12H19N2O/c1-14(8-10-15-11-9-14)7-5-12-4-2-3-6-13-12/h2-4,6H,5,7-11H2,1H3/q+1. The maximum atomic E-state index is 5.39. The number of likely N-dealkylation sites (N-methyl/N-ethyl adjacent to an activating group) is 1. The van der Waals surface area contributed by atoms with Gasteiger partial charge in [-0.25, -0.2) is 0 Å². The van der Waals surface area contributed by atoms with Crippen LogP contribution in [0.3, 0.4) is 0 Å². The number of hydrogen-bond donors (Lipinski definition) is 0. The van der Waals surface area contributed by atoms with E-state index in [1.807, 2.05) is 12.3 Å². The van der Waals surface area contributed by atoms with Gasteiger partial charge in [0.05, 0.1) is 26.8 Å². The van der Waals surface area contributed by atoms with Gasteiger partial charge in [0, 0.05) is 18.3 Å². The van der Waals surface area contributed by atoms with Crippen LogP contribution in [0.4, 0.5) is 0 Å². The Morgan fingerprint density at radius 3 is 2.80 bits per heavy atom. The monoisotopic (exact) mass is 207 g/mol. The minimum atomic E-state index is 0.902. The SMILES string of the molecule is C[N+]1(CCc2ccccn2)CCOCC1. The molecule has 1 aliphatic heterocycles. The molecule has 0 N–H and O–H groups in total. The Morgan fingerprint density at radius 2 is 2.13 bits per heavy atom. The lowest BCUT2D eigenvalue weighted by Crippen LogP contribution is -2.52. The van der Waals surface area contributed by atoms with Gasteiger partial charge in [-0.15, -0.1) is 0 Å². The highest BCUT2D eigenvalue weighted by molar-refractivity contribution is 5.03. The number of nitrogens with zero attached hydrogens (tertiary/aromatic N) is 2. The van der Waals surface area contributed by atoms with Crippen LogP contribution in [0.25, 0.3) is 0 Å². The van der Waals surface area contributed by atoms with Crippen molar-refractivity contribution in [1.82, 2.24) is 4.98 Å². The summed E-state index contributed by atoms with van der Waals surface area (Å²) < 4.78 is 6.51. The number of ether oxygens (including phenoxy) is 1. The summed E-state index contributed by atoms with van der Waals surface area (Å²) in [5.41, 5.74) is 1.20. The number of morpholine rings is 1. The number of aromatic nitrogens is 1. The van der Waals surface area contributed by atoms with E-state index in [0.29, 0.717) is 0 Å². The van der Waals surface area contributed by atoms with Gasteiger partial charge in [0.25, 0.3) is 0 Å². The third-order valence-electron chi connectivity index (χ3n) is 3.18. The van der Waals surface area contributed by atoms with E-state index in [-0.39, 0.29) is 0 Å². The first-order valence-electron chi connectivity index (χ1n) is 5.60. The highest BCUT2D eigenvalue weighted by Gasteiger charge is 2.24. The van der Waals surface area contributed by atoms with Crippen LogP contribution in [0.2, 0.25) is 0 Å². The molecule has 15 heavy (non-hydrogen) atoms. The molecular formula is C12H19N2O+. The molecular weight excluding hydrogens is 188 g/mol. The quantitative estimate of drug-likeness (QED) is 0.692. The molecule has 0 spiro atoms. The van der Waals surface area contributed by atoms with Crippen molar-refractivity contribution in [2.75, 3.05) is 39.9 Å². The van der Waals surface area contributed by atoms with Gasteiger partial charge in [-0.1, -0.05) is 6.07 Å². The van der Waals surface area contributed by atoms with Crippen LogP contribution in [0.1, 0.15) is 5.69 Å². The number of hydrogen-bond acceptors (Lipinski definition) is 2. The van der Waals surface area contributed by atoms with Gasteiger partial charge in [0.1, 0.15) is 13.1 Å². The van der Waals surface area contributed by atoms with Crippen LogP contribution in [0.15, 0.2) is 24.4 Å². The van der Waals surface area contributed by atoms with Gasteiger partial charge < -0.3 is 9.22 Å². The topological polar surface area (TPSA) is 22.1 Å². The van der Waals surface area contributed by atoms with Gasteiger partial charge in [-0.05, 0) is 12.1 Å². The van der Waals surface area contributed by atoms with E-state index in [2.05, 4.69) is 24.2 Å². The van der Waals surface area contributed by atoms with Crippen molar-refractivity contribution < 1.29 is 9.22 Å². The van der Waals surface area contributed by atoms with Crippen LogP contribution in [0, 0.1) is 0 Å². The lowest BCUT2D eigenvalue weighted by atomic mass is 10.2. The van der Waals surface area contributed by atoms with E-state index in [1.54, 1.807) is 0 Å². The molecule has 0 saturated carbocycles. The van der Waals surface area contributed by atoms with E-state index in [4.69, 9.17) is 4.74 Å². The second-order valence-corrected chi connectivity index (χ2v) is 4.47. The second-order valence-electron chi connectivity index (χ2n) is 4.47. The molecule has 82 valence electrons. The summed E-state index contributed by atoms with van der Waals surface area (Å²) >= 11 is 0. The lowest BCUT2D eigenvalue weighted by molar-refractivity contribution is -0.916. The first kappa shape index (κ1) is 10.6. The lowest BCUT2D eigenvalue weighted by Gasteiger charge is -2.37. The molecule has 2 rings (SSSR count). The van der Waals surface area contributed by atoms with Crippen molar-refractivity contribution in [2.24, 2.45) is 0 Å². The van der Waals surface area contributed by atoms with Crippen molar-refractivity contribution in [3.05, 3.63) is 30.1 Å². The van der Waals surface area contributed by atoms with Crippen LogP contribution in [-0.2, 0) is 11.2 Å². The molecule has 1 aromatic heterocycles. The Balaban J connectivity index is 1.87. The Hall–Kier alpha value is -0.930. The summed E-state index contributed by atoms with van der Waals surface area (Å²) in [7, 11) is 2.31. The van der Waals surface area contributed by atoms with Crippen molar-refractivity contribution in [3.63, 3.8) is 0 Å². The summed E-state index contributed by atoms with van der Waals surface area (Å²) in [6.45, 7) is 5.23. The maximum absolute atomic E-state index is 5.39. The Bertz CT molecular complexity index is 294. The van der Waals surface area contributed by atoms with Gasteiger partial charge in [-0.3, -0.25) is 4.98 Å². The van der Waals surface area contributed by atoms with E-state index in [9.17, 15) is 0 Å². The normalized spacial score (nSPS) is 20.1. The van der Waals surface area contributed by atoms with Crippen molar-refractivity contribution >= 4 is 0 Å². The fourth-order valence-electron chi connectivity index (χ4n) is 1.94. The fraction of sp³-hybridized carbons (Fsp3) is 0.583. The highest BCUT2D eigenvalue weighted by atomic mass is 16.5. The third-order valence-corrected chi connectivity index (χ3v) is 3.18. The van der Waals surface area contributed by atoms with E-state index >= 15 is 0 Å². The van der Waals surface area contributed by atoms with Gasteiger partial charge in [0.15, 0.2) is 0 Å². The molecule has 0 amide bonds. The maximum Gasteiger partial charge on any atom is 0.102 e. The smallest absolute Gasteiger partial charge is 0.102 e. The summed E-state index contributed by atoms with van der Waals surface area (Å²) in [5, 5.41) is 0. The molecule has 0 aromatic carbocycles. The van der Waals surface area contributed by atoms with E-state index < -0.39 is 0 Å². The molecule has 1 fully saturated rings. The van der Waals surface area contributed by atoms with Crippen molar-refractivity contribution in [3.8, 4) is 0 Å². The Kier molecular flexibility index (Phi) is 3.34. The van der Waals surface area contributed by atoms with Crippen LogP contribution >= 0.6 is 0 Å². The molecule has 1 saturated heterocycles. The van der Waals surface area contributed by atoms with Crippen LogP contribution < -0.4 is 0 Å². The first-order chi connectivity index (χ1) is 7.29. The minimum Gasteiger partial charge on any atom is -0.370 e. The average molecular weight is 207 g/mol. The van der Waals surface area contributed by atoms with Crippen molar-refractivity contribution in [1.29, 1.82) is 0 Å². The van der Waals surface area contributed by atoms with Gasteiger partial charge in [0.2, 0.25) is 0 Å². The third kappa shape index (κ3) is 3.01. The molecule has 0 unspecified atom stereocenters. The summed E-state index contributed by atoms with van der Waals surface area (Å²) in [6.07, 6.45) is 2.94. The van der Waals surface area contributed by atoms with Crippen LogP contribution in [0.5, 0.6) is 0 Å². The minimum absolute atomic E-state index is 0.902. The highest BCUT2D eigenvalue weighted by Crippen LogP contribution is 2.09. The largest absolute Gasteiger partial charge is 0.370 e. The summed E-state index contributed by atoms with van der Waals surface area (Å²) in [6, 6.07) is 6.13. The van der Waals surface area contributed by atoms with Gasteiger partial charge in [-0.2, -0.15) is 0 Å². The predicted octanol–water partition coefficient (Wildman–Crippen LogP) is 1.10. The predicted molar refractivity (Wildman–Crippen MR) is 59.5 cm³/mol. The number of rotatable bonds is 3. The molecule has 1 aromatic rings. The molecule has 0 atom stereocenters. The van der Waals surface area contributed by atoms with Crippen LogP contribution in [-0.4, -0.2) is 49.4 Å². The number of pyridine rings is 1. The van der Waals surface area contributed by atoms with Gasteiger partial charge >= 0.3 is 0 Å². The first-order valence-corrected chi connectivity index (χ1v) is 5.60. The molecule has 3 nitrogen and oxygen atoms in total. The molecule has 2 heterocycles. The van der Waals surface area contributed by atoms with Crippen molar-refractivity contribution in [2.45, 2.75) is 6.42 Å². The van der Waals surface area contributed by atoms with E-state index in [1.165, 1.54) is 12.2 Å². The fourth-order valence-corrected chi connectivity index (χ4v) is 1.94. The molecule has 0 radical (unpaired) electrons. The van der Waals surface area contributed by atoms with E-state index in [0.717, 1.165) is 37.2 Å². The molecule has 3 heteroatoms. The molecule has 1 aliphatic rings. The zero-order chi connectivity index (χ0) is 10.6.